The number of rotatable bonds is 5. The summed E-state index contributed by atoms with van der Waals surface area (Å²) in [4.78, 5) is 10.7. The van der Waals surface area contributed by atoms with Crippen molar-refractivity contribution in [1.82, 2.24) is 0 Å². The number of carboxylic acid groups (broad SMARTS) is 1. The van der Waals surface area contributed by atoms with Gasteiger partial charge in [-0.1, -0.05) is 19.9 Å². The predicted molar refractivity (Wildman–Crippen MR) is 72.4 cm³/mol. The van der Waals surface area contributed by atoms with Crippen molar-refractivity contribution in [2.24, 2.45) is 0 Å². The van der Waals surface area contributed by atoms with Gasteiger partial charge in [-0.2, -0.15) is 0 Å². The van der Waals surface area contributed by atoms with Gasteiger partial charge in [0.05, 0.1) is 7.11 Å². The summed E-state index contributed by atoms with van der Waals surface area (Å²) < 4.78 is 5.30. The smallest absolute Gasteiger partial charge is 0.303 e. The highest BCUT2D eigenvalue weighted by atomic mass is 16.5. The van der Waals surface area contributed by atoms with Gasteiger partial charge in [-0.15, -0.1) is 0 Å². The van der Waals surface area contributed by atoms with Gasteiger partial charge in [0.1, 0.15) is 5.75 Å². The molecule has 0 amide bonds. The van der Waals surface area contributed by atoms with Crippen LogP contribution in [-0.4, -0.2) is 18.2 Å². The van der Waals surface area contributed by atoms with E-state index in [0.29, 0.717) is 6.42 Å². The van der Waals surface area contributed by atoms with Gasteiger partial charge in [-0.25, -0.2) is 0 Å². The molecule has 1 aromatic carbocycles. The topological polar surface area (TPSA) is 46.5 Å². The van der Waals surface area contributed by atoms with E-state index in [1.165, 1.54) is 11.1 Å². The maximum absolute atomic E-state index is 10.7. The van der Waals surface area contributed by atoms with E-state index in [1.54, 1.807) is 7.11 Å². The average molecular weight is 250 g/mol. The molecule has 0 aliphatic carbocycles. The molecule has 0 saturated heterocycles. The number of hydrogen-bond donors (Lipinski definition) is 1. The summed E-state index contributed by atoms with van der Waals surface area (Å²) in [6, 6.07) is 4.00. The zero-order valence-electron chi connectivity index (χ0n) is 11.8. The van der Waals surface area contributed by atoms with Crippen molar-refractivity contribution in [3.05, 3.63) is 28.8 Å². The SMILES string of the molecule is COc1ccc(C(C)(C)CCC(=O)O)c(C)c1C. The summed E-state index contributed by atoms with van der Waals surface area (Å²) >= 11 is 0. The van der Waals surface area contributed by atoms with Crippen molar-refractivity contribution >= 4 is 5.97 Å². The highest BCUT2D eigenvalue weighted by Gasteiger charge is 2.24. The highest BCUT2D eigenvalue weighted by molar-refractivity contribution is 5.67. The molecule has 0 spiro atoms. The van der Waals surface area contributed by atoms with Crippen LogP contribution in [0, 0.1) is 13.8 Å². The first kappa shape index (κ1) is 14.6. The summed E-state index contributed by atoms with van der Waals surface area (Å²) in [7, 11) is 1.66. The largest absolute Gasteiger partial charge is 0.496 e. The third kappa shape index (κ3) is 3.03. The molecule has 0 atom stereocenters. The molecule has 3 heteroatoms. The van der Waals surface area contributed by atoms with E-state index in [0.717, 1.165) is 11.3 Å². The van der Waals surface area contributed by atoms with Gasteiger partial charge in [0.15, 0.2) is 0 Å². The zero-order valence-corrected chi connectivity index (χ0v) is 11.8. The standard InChI is InChI=1S/C15H22O3/c1-10-11(2)13(18-5)7-6-12(10)15(3,4)9-8-14(16)17/h6-7H,8-9H2,1-5H3,(H,16,17). The third-order valence-electron chi connectivity index (χ3n) is 3.65. The van der Waals surface area contributed by atoms with Gasteiger partial charge < -0.3 is 9.84 Å². The van der Waals surface area contributed by atoms with Crippen LogP contribution in [0.5, 0.6) is 5.75 Å². The molecule has 18 heavy (non-hydrogen) atoms. The van der Waals surface area contributed by atoms with Crippen molar-refractivity contribution in [2.45, 2.75) is 46.0 Å². The summed E-state index contributed by atoms with van der Waals surface area (Å²) in [5.41, 5.74) is 3.37. The predicted octanol–water partition coefficient (Wildman–Crippen LogP) is 3.45. The fraction of sp³-hybridized carbons (Fsp3) is 0.533. The molecule has 0 aliphatic rings. The number of benzene rings is 1. The quantitative estimate of drug-likeness (QED) is 0.870. The first-order chi connectivity index (χ1) is 8.29. The van der Waals surface area contributed by atoms with Gasteiger partial charge in [-0.3, -0.25) is 4.79 Å². The molecule has 0 radical (unpaired) electrons. The molecule has 1 aromatic rings. The lowest BCUT2D eigenvalue weighted by atomic mass is 9.77. The van der Waals surface area contributed by atoms with E-state index in [2.05, 4.69) is 20.8 Å². The second-order valence-electron chi connectivity index (χ2n) is 5.34. The van der Waals surface area contributed by atoms with Gasteiger partial charge in [0.25, 0.3) is 0 Å². The van der Waals surface area contributed by atoms with E-state index < -0.39 is 5.97 Å². The third-order valence-corrected chi connectivity index (χ3v) is 3.65. The van der Waals surface area contributed by atoms with Crippen LogP contribution in [-0.2, 0) is 10.2 Å². The molecule has 100 valence electrons. The Bertz CT molecular complexity index is 447. The van der Waals surface area contributed by atoms with E-state index in [-0.39, 0.29) is 11.8 Å². The fourth-order valence-corrected chi connectivity index (χ4v) is 2.30. The minimum absolute atomic E-state index is 0.139. The molecule has 0 saturated carbocycles. The first-order valence-corrected chi connectivity index (χ1v) is 6.16. The monoisotopic (exact) mass is 250 g/mol. The Morgan fingerprint density at radius 3 is 2.39 bits per heavy atom. The Morgan fingerprint density at radius 1 is 1.28 bits per heavy atom. The lowest BCUT2D eigenvalue weighted by Gasteiger charge is -2.28. The number of methoxy groups -OCH3 is 1. The van der Waals surface area contributed by atoms with Crippen molar-refractivity contribution < 1.29 is 14.6 Å². The Labute approximate surface area is 109 Å². The van der Waals surface area contributed by atoms with Crippen molar-refractivity contribution in [3.63, 3.8) is 0 Å². The number of carboxylic acids is 1. The highest BCUT2D eigenvalue weighted by Crippen LogP contribution is 2.35. The molecule has 0 unspecified atom stereocenters. The summed E-state index contributed by atoms with van der Waals surface area (Å²) in [6.45, 7) is 8.27. The van der Waals surface area contributed by atoms with Gasteiger partial charge in [-0.05, 0) is 48.4 Å². The van der Waals surface area contributed by atoms with Gasteiger partial charge >= 0.3 is 5.97 Å². The number of ether oxygens (including phenoxy) is 1. The van der Waals surface area contributed by atoms with Crippen LogP contribution in [0.3, 0.4) is 0 Å². The zero-order chi connectivity index (χ0) is 13.9. The summed E-state index contributed by atoms with van der Waals surface area (Å²) in [5, 5.41) is 8.81. The fourth-order valence-electron chi connectivity index (χ4n) is 2.30. The van der Waals surface area contributed by atoms with Crippen LogP contribution >= 0.6 is 0 Å². The Kier molecular flexibility index (Phi) is 4.38. The Hall–Kier alpha value is -1.51. The number of hydrogen-bond acceptors (Lipinski definition) is 2. The molecule has 0 aliphatic heterocycles. The average Bonchev–Trinajstić information content (AvgIpc) is 2.30. The molecular weight excluding hydrogens is 228 g/mol. The number of carbonyl (C=O) groups is 1. The lowest BCUT2D eigenvalue weighted by Crippen LogP contribution is -2.20. The molecule has 0 aromatic heterocycles. The van der Waals surface area contributed by atoms with Crippen LogP contribution in [0.15, 0.2) is 12.1 Å². The normalized spacial score (nSPS) is 11.4. The maximum Gasteiger partial charge on any atom is 0.303 e. The lowest BCUT2D eigenvalue weighted by molar-refractivity contribution is -0.137. The maximum atomic E-state index is 10.7. The van der Waals surface area contributed by atoms with Gasteiger partial charge in [0, 0.05) is 6.42 Å². The van der Waals surface area contributed by atoms with Crippen LogP contribution in [0.4, 0.5) is 0 Å². The number of aliphatic carboxylic acids is 1. The van der Waals surface area contributed by atoms with Gasteiger partial charge in [0.2, 0.25) is 0 Å². The Morgan fingerprint density at radius 2 is 1.89 bits per heavy atom. The summed E-state index contributed by atoms with van der Waals surface area (Å²) in [6.07, 6.45) is 0.826. The molecule has 1 rings (SSSR count). The van der Waals surface area contributed by atoms with Crippen LogP contribution in [0.1, 0.15) is 43.4 Å². The van der Waals surface area contributed by atoms with Crippen molar-refractivity contribution in [3.8, 4) is 5.75 Å². The van der Waals surface area contributed by atoms with E-state index in [1.807, 2.05) is 19.1 Å². The second kappa shape index (κ2) is 5.42. The Balaban J connectivity index is 3.09. The minimum atomic E-state index is -0.744. The molecule has 1 N–H and O–H groups in total. The molecular formula is C15H22O3. The minimum Gasteiger partial charge on any atom is -0.496 e. The molecule has 3 nitrogen and oxygen atoms in total. The summed E-state index contributed by atoms with van der Waals surface area (Å²) in [5.74, 6) is 0.135. The first-order valence-electron chi connectivity index (χ1n) is 6.16. The van der Waals surface area contributed by atoms with E-state index in [4.69, 9.17) is 9.84 Å². The molecule has 0 fully saturated rings. The molecule has 0 bridgehead atoms. The van der Waals surface area contributed by atoms with Crippen LogP contribution < -0.4 is 4.74 Å². The van der Waals surface area contributed by atoms with Crippen LogP contribution in [0.25, 0.3) is 0 Å². The van der Waals surface area contributed by atoms with E-state index >= 15 is 0 Å². The van der Waals surface area contributed by atoms with Crippen molar-refractivity contribution in [2.75, 3.05) is 7.11 Å². The van der Waals surface area contributed by atoms with Crippen molar-refractivity contribution in [1.29, 1.82) is 0 Å². The van der Waals surface area contributed by atoms with E-state index in [9.17, 15) is 4.79 Å². The van der Waals surface area contributed by atoms with Crippen LogP contribution in [0.2, 0.25) is 0 Å². The molecule has 0 heterocycles. The second-order valence-corrected chi connectivity index (χ2v) is 5.34.